The number of oxazole rings is 1. The van der Waals surface area contributed by atoms with E-state index in [1.807, 2.05) is 19.2 Å². The van der Waals surface area contributed by atoms with Gasteiger partial charge < -0.3 is 23.9 Å². The molecule has 1 N–H and O–H groups in total. The summed E-state index contributed by atoms with van der Waals surface area (Å²) in [6, 6.07) is 3.67. The minimum atomic E-state index is 0.549. The van der Waals surface area contributed by atoms with Gasteiger partial charge >= 0.3 is 0 Å². The van der Waals surface area contributed by atoms with Crippen molar-refractivity contribution in [2.75, 3.05) is 28.4 Å². The molecular formula is C14H18N2O4. The molecule has 0 amide bonds. The molecule has 1 heterocycles. The largest absolute Gasteiger partial charge is 0.493 e. The smallest absolute Gasteiger partial charge is 0.203 e. The molecule has 0 unspecified atom stereocenters. The third-order valence-corrected chi connectivity index (χ3v) is 2.91. The molecule has 6 nitrogen and oxygen atoms in total. The molecule has 1 aromatic heterocycles. The van der Waals surface area contributed by atoms with Crippen LogP contribution in [0.1, 0.15) is 5.69 Å². The zero-order valence-electron chi connectivity index (χ0n) is 12.0. The van der Waals surface area contributed by atoms with E-state index in [1.54, 1.807) is 21.3 Å². The summed E-state index contributed by atoms with van der Waals surface area (Å²) >= 11 is 0. The molecular weight excluding hydrogens is 260 g/mol. The number of hydrogen-bond donors (Lipinski definition) is 1. The number of nitrogens with zero attached hydrogens (tertiary/aromatic N) is 1. The number of aromatic nitrogens is 1. The molecule has 6 heteroatoms. The molecule has 0 fully saturated rings. The molecule has 0 aliphatic rings. The number of nitrogens with one attached hydrogen (secondary N) is 1. The molecule has 2 aromatic rings. The van der Waals surface area contributed by atoms with Gasteiger partial charge in [-0.15, -0.1) is 0 Å². The van der Waals surface area contributed by atoms with Crippen molar-refractivity contribution in [2.24, 2.45) is 0 Å². The molecule has 1 aromatic carbocycles. The molecule has 0 radical (unpaired) electrons. The van der Waals surface area contributed by atoms with E-state index in [2.05, 4.69) is 10.3 Å². The minimum absolute atomic E-state index is 0.549. The van der Waals surface area contributed by atoms with E-state index in [-0.39, 0.29) is 0 Å². The SMILES string of the molecule is CNCc1ncoc1-c1cc(OC)c(OC)c(OC)c1. The van der Waals surface area contributed by atoms with Crippen molar-refractivity contribution in [3.8, 4) is 28.6 Å². The maximum atomic E-state index is 5.47. The Bertz CT molecular complexity index is 555. The second-order valence-corrected chi connectivity index (χ2v) is 4.07. The summed E-state index contributed by atoms with van der Waals surface area (Å²) in [5.74, 6) is 2.38. The lowest BCUT2D eigenvalue weighted by molar-refractivity contribution is 0.324. The molecule has 2 rings (SSSR count). The number of rotatable bonds is 6. The first-order valence-electron chi connectivity index (χ1n) is 6.12. The van der Waals surface area contributed by atoms with Crippen LogP contribution in [0.4, 0.5) is 0 Å². The fraction of sp³-hybridized carbons (Fsp3) is 0.357. The van der Waals surface area contributed by atoms with E-state index in [0.29, 0.717) is 29.6 Å². The molecule has 108 valence electrons. The molecule has 0 saturated heterocycles. The van der Waals surface area contributed by atoms with Crippen molar-refractivity contribution in [3.05, 3.63) is 24.2 Å². The normalized spacial score (nSPS) is 10.4. The van der Waals surface area contributed by atoms with E-state index in [1.165, 1.54) is 6.39 Å². The van der Waals surface area contributed by atoms with E-state index < -0.39 is 0 Å². The van der Waals surface area contributed by atoms with Crippen molar-refractivity contribution in [3.63, 3.8) is 0 Å². The van der Waals surface area contributed by atoms with E-state index >= 15 is 0 Å². The molecule has 0 saturated carbocycles. The van der Waals surface area contributed by atoms with Gasteiger partial charge in [0.25, 0.3) is 0 Å². The van der Waals surface area contributed by atoms with Crippen LogP contribution in [0.3, 0.4) is 0 Å². The average molecular weight is 278 g/mol. The first-order chi connectivity index (χ1) is 9.74. The molecule has 20 heavy (non-hydrogen) atoms. The Balaban J connectivity index is 2.54. The fourth-order valence-corrected chi connectivity index (χ4v) is 2.01. The van der Waals surface area contributed by atoms with Crippen LogP contribution in [0, 0.1) is 0 Å². The highest BCUT2D eigenvalue weighted by Gasteiger charge is 2.18. The van der Waals surface area contributed by atoms with Gasteiger partial charge in [-0.05, 0) is 19.2 Å². The van der Waals surface area contributed by atoms with E-state index in [4.69, 9.17) is 18.6 Å². The van der Waals surface area contributed by atoms with Crippen molar-refractivity contribution >= 4 is 0 Å². The zero-order chi connectivity index (χ0) is 14.5. The highest BCUT2D eigenvalue weighted by molar-refractivity contribution is 5.69. The van der Waals surface area contributed by atoms with Gasteiger partial charge in [-0.1, -0.05) is 0 Å². The Morgan fingerprint density at radius 1 is 1.10 bits per heavy atom. The van der Waals surface area contributed by atoms with Gasteiger partial charge in [0.15, 0.2) is 23.7 Å². The molecule has 0 spiro atoms. The summed E-state index contributed by atoms with van der Waals surface area (Å²) in [4.78, 5) is 4.19. The molecule has 0 aliphatic carbocycles. The van der Waals surface area contributed by atoms with Crippen molar-refractivity contribution in [1.82, 2.24) is 10.3 Å². The van der Waals surface area contributed by atoms with Crippen LogP contribution in [-0.4, -0.2) is 33.4 Å². The van der Waals surface area contributed by atoms with Crippen LogP contribution >= 0.6 is 0 Å². The quantitative estimate of drug-likeness (QED) is 0.872. The highest BCUT2D eigenvalue weighted by Crippen LogP contribution is 2.41. The predicted molar refractivity (Wildman–Crippen MR) is 74.4 cm³/mol. The van der Waals surface area contributed by atoms with Gasteiger partial charge in [0.1, 0.15) is 5.69 Å². The van der Waals surface area contributed by atoms with Gasteiger partial charge in [0, 0.05) is 12.1 Å². The summed E-state index contributed by atoms with van der Waals surface area (Å²) in [7, 11) is 6.58. The minimum Gasteiger partial charge on any atom is -0.493 e. The van der Waals surface area contributed by atoms with E-state index in [0.717, 1.165) is 11.3 Å². The van der Waals surface area contributed by atoms with Crippen molar-refractivity contribution in [1.29, 1.82) is 0 Å². The van der Waals surface area contributed by atoms with Gasteiger partial charge in [0.05, 0.1) is 21.3 Å². The number of ether oxygens (including phenoxy) is 3. The Labute approximate surface area is 117 Å². The van der Waals surface area contributed by atoms with Gasteiger partial charge in [0.2, 0.25) is 5.75 Å². The Hall–Kier alpha value is -2.21. The van der Waals surface area contributed by atoms with Crippen molar-refractivity contribution in [2.45, 2.75) is 6.54 Å². The first-order valence-corrected chi connectivity index (χ1v) is 6.12. The average Bonchev–Trinajstić information content (AvgIpc) is 2.94. The third kappa shape index (κ3) is 2.55. The summed E-state index contributed by atoms with van der Waals surface area (Å²) in [6.07, 6.45) is 1.42. The summed E-state index contributed by atoms with van der Waals surface area (Å²) < 4.78 is 21.4. The monoisotopic (exact) mass is 278 g/mol. The zero-order valence-corrected chi connectivity index (χ0v) is 12.0. The van der Waals surface area contributed by atoms with Crippen molar-refractivity contribution < 1.29 is 18.6 Å². The van der Waals surface area contributed by atoms with Crippen LogP contribution in [-0.2, 0) is 6.54 Å². The Morgan fingerprint density at radius 2 is 1.75 bits per heavy atom. The van der Waals surface area contributed by atoms with Crippen LogP contribution in [0.25, 0.3) is 11.3 Å². The third-order valence-electron chi connectivity index (χ3n) is 2.91. The van der Waals surface area contributed by atoms with Crippen LogP contribution in [0.5, 0.6) is 17.2 Å². The molecule has 0 aliphatic heterocycles. The molecule has 0 atom stereocenters. The lowest BCUT2D eigenvalue weighted by Crippen LogP contribution is -2.06. The Morgan fingerprint density at radius 3 is 2.25 bits per heavy atom. The maximum Gasteiger partial charge on any atom is 0.203 e. The highest BCUT2D eigenvalue weighted by atomic mass is 16.5. The number of hydrogen-bond acceptors (Lipinski definition) is 6. The van der Waals surface area contributed by atoms with Gasteiger partial charge in [-0.25, -0.2) is 4.98 Å². The summed E-state index contributed by atoms with van der Waals surface area (Å²) in [5.41, 5.74) is 1.64. The second kappa shape index (κ2) is 6.29. The lowest BCUT2D eigenvalue weighted by Gasteiger charge is -2.13. The van der Waals surface area contributed by atoms with Crippen LogP contribution < -0.4 is 19.5 Å². The number of methoxy groups -OCH3 is 3. The fourth-order valence-electron chi connectivity index (χ4n) is 2.01. The van der Waals surface area contributed by atoms with Crippen LogP contribution in [0.15, 0.2) is 22.9 Å². The Kier molecular flexibility index (Phi) is 4.47. The topological polar surface area (TPSA) is 65.8 Å². The second-order valence-electron chi connectivity index (χ2n) is 4.07. The van der Waals surface area contributed by atoms with E-state index in [9.17, 15) is 0 Å². The molecule has 0 bridgehead atoms. The standard InChI is InChI=1S/C14H18N2O4/c1-15-7-10-13(20-8-16-10)9-5-11(17-2)14(19-4)12(6-9)18-3/h5-6,8,15H,7H2,1-4H3. The lowest BCUT2D eigenvalue weighted by atomic mass is 10.1. The maximum absolute atomic E-state index is 5.47. The number of benzene rings is 1. The summed E-state index contributed by atoms with van der Waals surface area (Å²) in [5, 5.41) is 3.05. The summed E-state index contributed by atoms with van der Waals surface area (Å²) in [6.45, 7) is 0.614. The van der Waals surface area contributed by atoms with Gasteiger partial charge in [-0.3, -0.25) is 0 Å². The van der Waals surface area contributed by atoms with Gasteiger partial charge in [-0.2, -0.15) is 0 Å². The first kappa shape index (κ1) is 14.2. The van der Waals surface area contributed by atoms with Crippen LogP contribution in [0.2, 0.25) is 0 Å². The predicted octanol–water partition coefficient (Wildman–Crippen LogP) is 2.09.